The maximum absolute atomic E-state index is 13.9. The van der Waals surface area contributed by atoms with E-state index < -0.39 is 28.5 Å². The number of anilines is 1. The summed E-state index contributed by atoms with van der Waals surface area (Å²) in [5.41, 5.74) is 3.60. The minimum atomic E-state index is -4.11. The molecule has 1 N–H and O–H groups in total. The summed E-state index contributed by atoms with van der Waals surface area (Å²) in [5.74, 6) is -0.886. The molecule has 37 heavy (non-hydrogen) atoms. The lowest BCUT2D eigenvalue weighted by atomic mass is 10.1. The first-order chi connectivity index (χ1) is 17.4. The van der Waals surface area contributed by atoms with E-state index in [1.165, 1.54) is 24.1 Å². The molecule has 0 spiro atoms. The number of amides is 2. The number of hydrogen-bond donors (Lipinski definition) is 1. The van der Waals surface area contributed by atoms with Gasteiger partial charge in [0.15, 0.2) is 0 Å². The Morgan fingerprint density at radius 1 is 0.946 bits per heavy atom. The molecule has 3 rings (SSSR count). The normalized spacial score (nSPS) is 12.1. The van der Waals surface area contributed by atoms with Crippen LogP contribution in [0.3, 0.4) is 0 Å². The SMILES string of the molecule is CNC(=O)[C@@H](C)N(Cc1cccc(Cl)c1)C(=O)CN(c1cc(C)ccc1C)S(=O)(=O)c1ccc(C)cc1. The van der Waals surface area contributed by atoms with Gasteiger partial charge in [0.1, 0.15) is 12.6 Å². The second-order valence-corrected chi connectivity index (χ2v) is 11.4. The van der Waals surface area contributed by atoms with Gasteiger partial charge in [-0.15, -0.1) is 0 Å². The number of hydrogen-bond acceptors (Lipinski definition) is 4. The number of halogens is 1. The molecule has 2 amide bonds. The quantitative estimate of drug-likeness (QED) is 0.428. The Bertz CT molecular complexity index is 1390. The van der Waals surface area contributed by atoms with Gasteiger partial charge in [-0.3, -0.25) is 13.9 Å². The maximum atomic E-state index is 13.9. The summed E-state index contributed by atoms with van der Waals surface area (Å²) in [6.45, 7) is 6.74. The highest BCUT2D eigenvalue weighted by Crippen LogP contribution is 2.29. The van der Waals surface area contributed by atoms with Crippen molar-refractivity contribution in [1.82, 2.24) is 10.2 Å². The van der Waals surface area contributed by atoms with E-state index in [0.29, 0.717) is 16.3 Å². The summed E-state index contributed by atoms with van der Waals surface area (Å²) in [6.07, 6.45) is 0. The smallest absolute Gasteiger partial charge is 0.264 e. The average Bonchev–Trinajstić information content (AvgIpc) is 2.86. The molecule has 9 heteroatoms. The summed E-state index contributed by atoms with van der Waals surface area (Å²) < 4.78 is 28.9. The van der Waals surface area contributed by atoms with E-state index in [1.807, 2.05) is 26.0 Å². The largest absolute Gasteiger partial charge is 0.357 e. The Morgan fingerprint density at radius 3 is 2.22 bits per heavy atom. The molecule has 0 heterocycles. The van der Waals surface area contributed by atoms with Crippen LogP contribution in [0.2, 0.25) is 5.02 Å². The van der Waals surface area contributed by atoms with Crippen LogP contribution in [-0.2, 0) is 26.2 Å². The summed E-state index contributed by atoms with van der Waals surface area (Å²) in [5, 5.41) is 3.07. The Labute approximate surface area is 224 Å². The first kappa shape index (κ1) is 28.2. The monoisotopic (exact) mass is 541 g/mol. The predicted molar refractivity (Wildman–Crippen MR) is 147 cm³/mol. The van der Waals surface area contributed by atoms with E-state index in [2.05, 4.69) is 5.32 Å². The molecule has 3 aromatic carbocycles. The van der Waals surface area contributed by atoms with Crippen molar-refractivity contribution in [3.8, 4) is 0 Å². The number of sulfonamides is 1. The van der Waals surface area contributed by atoms with Crippen molar-refractivity contribution in [2.24, 2.45) is 0 Å². The Morgan fingerprint density at radius 2 is 1.59 bits per heavy atom. The van der Waals surface area contributed by atoms with Gasteiger partial charge in [0, 0.05) is 18.6 Å². The van der Waals surface area contributed by atoms with Crippen LogP contribution in [0.15, 0.2) is 71.6 Å². The zero-order chi connectivity index (χ0) is 27.3. The molecule has 196 valence electrons. The van der Waals surface area contributed by atoms with Crippen LogP contribution < -0.4 is 9.62 Å². The molecule has 0 aromatic heterocycles. The van der Waals surface area contributed by atoms with Crippen LogP contribution in [0.5, 0.6) is 0 Å². The summed E-state index contributed by atoms with van der Waals surface area (Å²) in [6, 6.07) is 18.1. The number of nitrogens with one attached hydrogen (secondary N) is 1. The maximum Gasteiger partial charge on any atom is 0.264 e. The zero-order valence-corrected chi connectivity index (χ0v) is 23.2. The van der Waals surface area contributed by atoms with Gasteiger partial charge in [-0.05, 0) is 74.7 Å². The van der Waals surface area contributed by atoms with Gasteiger partial charge >= 0.3 is 0 Å². The minimum Gasteiger partial charge on any atom is -0.357 e. The second-order valence-electron chi connectivity index (χ2n) is 9.06. The third-order valence-corrected chi connectivity index (χ3v) is 8.19. The molecule has 0 saturated carbocycles. The van der Waals surface area contributed by atoms with Crippen molar-refractivity contribution in [3.63, 3.8) is 0 Å². The first-order valence-electron chi connectivity index (χ1n) is 11.9. The number of benzene rings is 3. The van der Waals surface area contributed by atoms with Gasteiger partial charge in [-0.25, -0.2) is 8.42 Å². The van der Waals surface area contributed by atoms with Crippen molar-refractivity contribution >= 4 is 39.1 Å². The third kappa shape index (κ3) is 6.70. The zero-order valence-electron chi connectivity index (χ0n) is 21.7. The van der Waals surface area contributed by atoms with Crippen molar-refractivity contribution in [1.29, 1.82) is 0 Å². The molecule has 7 nitrogen and oxygen atoms in total. The van der Waals surface area contributed by atoms with Crippen LogP contribution in [0.25, 0.3) is 0 Å². The summed E-state index contributed by atoms with van der Waals surface area (Å²) >= 11 is 6.14. The molecule has 0 fully saturated rings. The molecule has 0 unspecified atom stereocenters. The molecule has 0 radical (unpaired) electrons. The minimum absolute atomic E-state index is 0.0764. The van der Waals surface area contributed by atoms with Gasteiger partial charge in [-0.1, -0.05) is 53.6 Å². The van der Waals surface area contributed by atoms with Crippen molar-refractivity contribution in [2.45, 2.75) is 45.2 Å². The topological polar surface area (TPSA) is 86.8 Å². The molecule has 3 aromatic rings. The van der Waals surface area contributed by atoms with Gasteiger partial charge in [0.25, 0.3) is 10.0 Å². The number of carbonyl (C=O) groups is 2. The lowest BCUT2D eigenvalue weighted by Crippen LogP contribution is -2.50. The highest BCUT2D eigenvalue weighted by Gasteiger charge is 2.33. The van der Waals surface area contributed by atoms with Crippen molar-refractivity contribution < 1.29 is 18.0 Å². The molecule has 0 saturated heterocycles. The average molecular weight is 542 g/mol. The second kappa shape index (κ2) is 11.8. The molecular formula is C28H32ClN3O4S. The highest BCUT2D eigenvalue weighted by molar-refractivity contribution is 7.92. The first-order valence-corrected chi connectivity index (χ1v) is 13.7. The lowest BCUT2D eigenvalue weighted by Gasteiger charge is -2.32. The molecular weight excluding hydrogens is 510 g/mol. The molecule has 1 atom stereocenters. The van der Waals surface area contributed by atoms with Crippen molar-refractivity contribution in [3.05, 3.63) is 94.0 Å². The standard InChI is InChI=1S/C28H32ClN3O4S/c1-19-10-13-25(14-11-19)37(35,36)32(26-15-20(2)9-12-21(26)3)18-27(33)31(22(4)28(34)30-5)17-23-7-6-8-24(29)16-23/h6-16,22H,17-18H2,1-5H3,(H,30,34)/t22-/m1/s1. The van der Waals surface area contributed by atoms with Crippen LogP contribution >= 0.6 is 11.6 Å². The van der Waals surface area contributed by atoms with Gasteiger partial charge in [0.05, 0.1) is 10.6 Å². The highest BCUT2D eigenvalue weighted by atomic mass is 35.5. The summed E-state index contributed by atoms with van der Waals surface area (Å²) in [7, 11) is -2.61. The fourth-order valence-electron chi connectivity index (χ4n) is 3.96. The predicted octanol–water partition coefficient (Wildman–Crippen LogP) is 4.62. The Balaban J connectivity index is 2.08. The molecule has 0 aliphatic heterocycles. The van der Waals surface area contributed by atoms with E-state index in [1.54, 1.807) is 56.3 Å². The summed E-state index contributed by atoms with van der Waals surface area (Å²) in [4.78, 5) is 27.8. The van der Waals surface area contributed by atoms with E-state index in [9.17, 15) is 18.0 Å². The van der Waals surface area contributed by atoms with E-state index in [-0.39, 0.29) is 17.3 Å². The number of aryl methyl sites for hydroxylation is 3. The van der Waals surface area contributed by atoms with E-state index in [4.69, 9.17) is 11.6 Å². The van der Waals surface area contributed by atoms with Crippen LogP contribution in [0.1, 0.15) is 29.2 Å². The van der Waals surface area contributed by atoms with Crippen LogP contribution in [0.4, 0.5) is 5.69 Å². The number of likely N-dealkylation sites (N-methyl/N-ethyl adjacent to an activating group) is 1. The molecule has 0 aliphatic carbocycles. The van der Waals surface area contributed by atoms with Crippen molar-refractivity contribution in [2.75, 3.05) is 17.9 Å². The van der Waals surface area contributed by atoms with Crippen LogP contribution in [-0.4, -0.2) is 44.8 Å². The fourth-order valence-corrected chi connectivity index (χ4v) is 5.65. The van der Waals surface area contributed by atoms with E-state index >= 15 is 0 Å². The van der Waals surface area contributed by atoms with Gasteiger partial charge in [0.2, 0.25) is 11.8 Å². The Hall–Kier alpha value is -3.36. The van der Waals surface area contributed by atoms with Crippen LogP contribution in [0, 0.1) is 20.8 Å². The number of rotatable bonds is 9. The third-order valence-electron chi connectivity index (χ3n) is 6.18. The van der Waals surface area contributed by atoms with Gasteiger partial charge in [-0.2, -0.15) is 0 Å². The molecule has 0 aliphatic rings. The lowest BCUT2D eigenvalue weighted by molar-refractivity contribution is -0.139. The van der Waals surface area contributed by atoms with E-state index in [0.717, 1.165) is 21.0 Å². The number of carbonyl (C=O) groups excluding carboxylic acids is 2. The Kier molecular flexibility index (Phi) is 8.99. The number of nitrogens with zero attached hydrogens (tertiary/aromatic N) is 2. The molecule has 0 bridgehead atoms. The fraction of sp³-hybridized carbons (Fsp3) is 0.286. The van der Waals surface area contributed by atoms with Gasteiger partial charge < -0.3 is 10.2 Å².